The minimum atomic E-state index is -0.526. The van der Waals surface area contributed by atoms with E-state index in [0.29, 0.717) is 25.5 Å². The highest BCUT2D eigenvalue weighted by atomic mass is 32.1. The number of hydrogen-bond acceptors (Lipinski definition) is 7. The molecule has 1 saturated heterocycles. The van der Waals surface area contributed by atoms with E-state index in [2.05, 4.69) is 15.7 Å². The molecule has 2 amide bonds. The lowest BCUT2D eigenvalue weighted by Crippen LogP contribution is -2.36. The van der Waals surface area contributed by atoms with Crippen LogP contribution in [0, 0.1) is 5.92 Å². The van der Waals surface area contributed by atoms with E-state index in [0.717, 1.165) is 44.7 Å². The topological polar surface area (TPSA) is 107 Å². The first-order chi connectivity index (χ1) is 19.7. The van der Waals surface area contributed by atoms with Crippen LogP contribution in [0.15, 0.2) is 72.3 Å². The molecule has 9 heteroatoms. The number of nitrogens with one attached hydrogen (secondary N) is 1. The summed E-state index contributed by atoms with van der Waals surface area (Å²) >= 11 is 1.56. The summed E-state index contributed by atoms with van der Waals surface area (Å²) in [6.07, 6.45) is 5.49. The van der Waals surface area contributed by atoms with E-state index in [1.165, 1.54) is 6.08 Å². The number of anilines is 1. The number of para-hydroxylation sites is 1. The number of carbonyl (C=O) groups is 2. The monoisotopic (exact) mass is 570 g/mol. The smallest absolute Gasteiger partial charge is 0.410 e. The largest absolute Gasteiger partial charge is 0.457 e. The van der Waals surface area contributed by atoms with E-state index >= 15 is 0 Å². The van der Waals surface area contributed by atoms with Crippen molar-refractivity contribution in [3.8, 4) is 22.6 Å². The maximum absolute atomic E-state index is 12.6. The normalized spacial score (nSPS) is 15.4. The highest BCUT2D eigenvalue weighted by molar-refractivity contribution is 7.18. The van der Waals surface area contributed by atoms with Crippen LogP contribution in [0.3, 0.4) is 0 Å². The number of rotatable bonds is 7. The first-order valence-electron chi connectivity index (χ1n) is 13.6. The Hall–Kier alpha value is -4.37. The van der Waals surface area contributed by atoms with Crippen LogP contribution in [0.25, 0.3) is 27.3 Å². The number of hydrogen-bond donors (Lipinski definition) is 2. The number of benzene rings is 2. The lowest BCUT2D eigenvalue weighted by atomic mass is 10.0. The summed E-state index contributed by atoms with van der Waals surface area (Å²) in [5.74, 6) is 1.96. The molecule has 3 N–H and O–H groups in total. The molecule has 1 fully saturated rings. The number of likely N-dealkylation sites (tertiary alicyclic amines) is 1. The van der Waals surface area contributed by atoms with Gasteiger partial charge in [0.15, 0.2) is 0 Å². The number of fused-ring (bicyclic) bond motifs is 1. The number of nitrogens with two attached hydrogens (primary N) is 1. The molecule has 2 aromatic heterocycles. The summed E-state index contributed by atoms with van der Waals surface area (Å²) < 4.78 is 12.3. The zero-order valence-electron chi connectivity index (χ0n) is 23.4. The summed E-state index contributed by atoms with van der Waals surface area (Å²) in [6.45, 7) is 7.25. The second-order valence-electron chi connectivity index (χ2n) is 11.1. The molecule has 0 saturated carbocycles. The van der Waals surface area contributed by atoms with Crippen molar-refractivity contribution in [3.05, 3.63) is 77.8 Å². The van der Waals surface area contributed by atoms with Crippen molar-refractivity contribution in [2.45, 2.75) is 32.8 Å². The van der Waals surface area contributed by atoms with Gasteiger partial charge in [-0.1, -0.05) is 30.3 Å². The molecular weight excluding hydrogens is 536 g/mol. The Labute approximate surface area is 243 Å². The first kappa shape index (κ1) is 28.2. The molecule has 1 aliphatic rings. The number of aromatic nitrogens is 1. The van der Waals surface area contributed by atoms with Crippen LogP contribution in [0.2, 0.25) is 0 Å². The van der Waals surface area contributed by atoms with Gasteiger partial charge in [-0.3, -0.25) is 4.79 Å². The molecule has 4 aromatic rings. The van der Waals surface area contributed by atoms with Gasteiger partial charge in [-0.15, -0.1) is 11.3 Å². The van der Waals surface area contributed by atoms with E-state index in [-0.39, 0.29) is 17.9 Å². The van der Waals surface area contributed by atoms with Gasteiger partial charge in [-0.2, -0.15) is 0 Å². The average Bonchev–Trinajstić information content (AvgIpc) is 3.60. The van der Waals surface area contributed by atoms with Crippen LogP contribution in [-0.2, 0) is 9.53 Å². The fourth-order valence-electron chi connectivity index (χ4n) is 4.71. The standard InChI is InChI=1S/C32H34N4O4S/c1-32(2,3)40-31(38)36-16-15-21(19-36)17-34-27(37)14-11-23-18-35-30(33)28-26(20-41-29(23)28)22-9-12-25(13-10-22)39-24-7-5-4-6-8-24/h4-14,18,20-21H,15-17,19H2,1-3H3,(H2,33,35)(H,34,37). The van der Waals surface area contributed by atoms with Crippen molar-refractivity contribution in [1.29, 1.82) is 0 Å². The molecule has 0 aliphatic carbocycles. The van der Waals surface area contributed by atoms with Gasteiger partial charge in [0.25, 0.3) is 0 Å². The quantitative estimate of drug-likeness (QED) is 0.239. The van der Waals surface area contributed by atoms with Crippen molar-refractivity contribution >= 4 is 45.3 Å². The maximum Gasteiger partial charge on any atom is 0.410 e. The summed E-state index contributed by atoms with van der Waals surface area (Å²) in [4.78, 5) is 31.0. The highest BCUT2D eigenvalue weighted by Gasteiger charge is 2.29. The Kier molecular flexibility index (Phi) is 8.26. The third-order valence-electron chi connectivity index (χ3n) is 6.71. The Balaban J connectivity index is 1.22. The van der Waals surface area contributed by atoms with Crippen LogP contribution in [0.5, 0.6) is 11.5 Å². The number of carbonyl (C=O) groups excluding carboxylic acids is 2. The summed E-state index contributed by atoms with van der Waals surface area (Å²) in [6, 6.07) is 17.5. The zero-order chi connectivity index (χ0) is 29.0. The first-order valence-corrected chi connectivity index (χ1v) is 14.5. The van der Waals surface area contributed by atoms with E-state index < -0.39 is 5.60 Å². The number of nitrogens with zero attached hydrogens (tertiary/aromatic N) is 2. The van der Waals surface area contributed by atoms with Crippen molar-refractivity contribution in [1.82, 2.24) is 15.2 Å². The summed E-state index contributed by atoms with van der Waals surface area (Å²) in [5, 5.41) is 5.88. The minimum Gasteiger partial charge on any atom is -0.457 e. The second-order valence-corrected chi connectivity index (χ2v) is 11.9. The Morgan fingerprint density at radius 1 is 1.12 bits per heavy atom. The maximum atomic E-state index is 12.6. The molecular formula is C32H34N4O4S. The molecule has 1 atom stereocenters. The SMILES string of the molecule is CC(C)(C)OC(=O)N1CCC(CNC(=O)C=Cc2cnc(N)c3c(-c4ccc(Oc5ccccc5)cc4)csc23)C1. The van der Waals surface area contributed by atoms with Crippen LogP contribution in [0.4, 0.5) is 10.6 Å². The molecule has 1 aliphatic heterocycles. The predicted molar refractivity (Wildman–Crippen MR) is 164 cm³/mol. The minimum absolute atomic E-state index is 0.189. The van der Waals surface area contributed by atoms with Crippen LogP contribution in [-0.4, -0.2) is 47.1 Å². The third-order valence-corrected chi connectivity index (χ3v) is 7.74. The lowest BCUT2D eigenvalue weighted by molar-refractivity contribution is -0.116. The fraction of sp³-hybridized carbons (Fsp3) is 0.281. The zero-order valence-corrected chi connectivity index (χ0v) is 24.2. The van der Waals surface area contributed by atoms with Crippen molar-refractivity contribution in [3.63, 3.8) is 0 Å². The Bertz CT molecular complexity index is 1560. The van der Waals surface area contributed by atoms with Gasteiger partial charge in [-0.25, -0.2) is 9.78 Å². The number of pyridine rings is 1. The predicted octanol–water partition coefficient (Wildman–Crippen LogP) is 6.72. The fourth-order valence-corrected chi connectivity index (χ4v) is 5.78. The molecule has 0 radical (unpaired) electrons. The highest BCUT2D eigenvalue weighted by Crippen LogP contribution is 2.39. The number of thiophene rings is 1. The molecule has 3 heterocycles. The summed E-state index contributed by atoms with van der Waals surface area (Å²) in [5.41, 5.74) is 8.59. The van der Waals surface area contributed by atoms with Gasteiger partial charge < -0.3 is 25.4 Å². The molecule has 212 valence electrons. The molecule has 0 bridgehead atoms. The Morgan fingerprint density at radius 2 is 1.85 bits per heavy atom. The van der Waals surface area contributed by atoms with E-state index in [1.807, 2.05) is 75.4 Å². The van der Waals surface area contributed by atoms with Gasteiger partial charge in [0.2, 0.25) is 5.91 Å². The second kappa shape index (κ2) is 12.0. The van der Waals surface area contributed by atoms with Gasteiger partial charge in [0.1, 0.15) is 22.9 Å². The van der Waals surface area contributed by atoms with Gasteiger partial charge in [0.05, 0.1) is 0 Å². The van der Waals surface area contributed by atoms with E-state index in [1.54, 1.807) is 28.5 Å². The molecule has 1 unspecified atom stereocenters. The van der Waals surface area contributed by atoms with Crippen molar-refractivity contribution in [2.75, 3.05) is 25.4 Å². The molecule has 5 rings (SSSR count). The van der Waals surface area contributed by atoms with Gasteiger partial charge in [0, 0.05) is 53.1 Å². The molecule has 0 spiro atoms. The average molecular weight is 571 g/mol. The van der Waals surface area contributed by atoms with Crippen LogP contribution in [0.1, 0.15) is 32.8 Å². The van der Waals surface area contributed by atoms with E-state index in [4.69, 9.17) is 15.2 Å². The van der Waals surface area contributed by atoms with Crippen molar-refractivity contribution in [2.24, 2.45) is 5.92 Å². The van der Waals surface area contributed by atoms with Crippen LogP contribution >= 0.6 is 11.3 Å². The third kappa shape index (κ3) is 7.05. The lowest BCUT2D eigenvalue weighted by Gasteiger charge is -2.24. The van der Waals surface area contributed by atoms with Gasteiger partial charge in [-0.05, 0) is 74.4 Å². The molecule has 8 nitrogen and oxygen atoms in total. The van der Waals surface area contributed by atoms with Crippen LogP contribution < -0.4 is 15.8 Å². The molecule has 41 heavy (non-hydrogen) atoms. The Morgan fingerprint density at radius 3 is 2.59 bits per heavy atom. The molecule has 2 aromatic carbocycles. The number of nitrogen functional groups attached to an aromatic ring is 1. The van der Waals surface area contributed by atoms with Gasteiger partial charge >= 0.3 is 6.09 Å². The van der Waals surface area contributed by atoms with Crippen molar-refractivity contribution < 1.29 is 19.1 Å². The summed E-state index contributed by atoms with van der Waals surface area (Å²) in [7, 11) is 0. The number of amides is 2. The number of ether oxygens (including phenoxy) is 2. The van der Waals surface area contributed by atoms with E-state index in [9.17, 15) is 9.59 Å².